The van der Waals surface area contributed by atoms with Gasteiger partial charge in [0.15, 0.2) is 0 Å². The van der Waals surface area contributed by atoms with Crippen molar-refractivity contribution >= 4 is 21.4 Å². The van der Waals surface area contributed by atoms with Crippen LogP contribution in [0.25, 0.3) is 0 Å². The van der Waals surface area contributed by atoms with Gasteiger partial charge in [-0.05, 0) is 42.5 Å². The second kappa shape index (κ2) is 8.12. The molecular weight excluding hydrogens is 390 g/mol. The van der Waals surface area contributed by atoms with E-state index in [2.05, 4.69) is 6.07 Å². The van der Waals surface area contributed by atoms with E-state index in [-0.39, 0.29) is 10.6 Å². The smallest absolute Gasteiger partial charge is 0.293 e. The molecule has 2 aromatic rings. The first-order valence-electron chi connectivity index (χ1n) is 10.1. The van der Waals surface area contributed by atoms with E-state index in [1.807, 2.05) is 23.1 Å². The first-order valence-corrected chi connectivity index (χ1v) is 11.5. The fraction of sp³-hybridized carbons (Fsp3) is 0.429. The number of hydrogen-bond donors (Lipinski definition) is 0. The molecule has 0 atom stereocenters. The van der Waals surface area contributed by atoms with Crippen LogP contribution in [0.1, 0.15) is 36.8 Å². The number of rotatable bonds is 4. The maximum Gasteiger partial charge on any atom is 0.293 e. The predicted molar refractivity (Wildman–Crippen MR) is 112 cm³/mol. The zero-order valence-corrected chi connectivity index (χ0v) is 17.1. The van der Waals surface area contributed by atoms with E-state index < -0.39 is 14.9 Å². The van der Waals surface area contributed by atoms with Gasteiger partial charge in [0.1, 0.15) is 5.69 Å². The monoisotopic (exact) mass is 415 g/mol. The SMILES string of the molecule is O=[N+]([O-])c1cc(S(=O)(=O)N2CCCCCC2)ccc1N1CCc2ccccc2C1. The molecule has 8 heteroatoms. The van der Waals surface area contributed by atoms with Gasteiger partial charge in [0.2, 0.25) is 10.0 Å². The van der Waals surface area contributed by atoms with Gasteiger partial charge in [0, 0.05) is 32.2 Å². The minimum Gasteiger partial charge on any atom is -0.361 e. The van der Waals surface area contributed by atoms with Gasteiger partial charge in [-0.3, -0.25) is 10.1 Å². The van der Waals surface area contributed by atoms with Crippen molar-refractivity contribution in [3.63, 3.8) is 0 Å². The number of benzene rings is 2. The molecule has 0 bridgehead atoms. The molecule has 154 valence electrons. The van der Waals surface area contributed by atoms with E-state index in [1.54, 1.807) is 6.07 Å². The van der Waals surface area contributed by atoms with Gasteiger partial charge in [-0.2, -0.15) is 4.31 Å². The zero-order valence-electron chi connectivity index (χ0n) is 16.3. The van der Waals surface area contributed by atoms with Crippen LogP contribution < -0.4 is 4.90 Å². The van der Waals surface area contributed by atoms with Crippen molar-refractivity contribution in [3.8, 4) is 0 Å². The number of nitro benzene ring substituents is 1. The lowest BCUT2D eigenvalue weighted by molar-refractivity contribution is -0.384. The van der Waals surface area contributed by atoms with Crippen molar-refractivity contribution in [3.05, 3.63) is 63.7 Å². The summed E-state index contributed by atoms with van der Waals surface area (Å²) in [6.45, 7) is 2.19. The molecule has 2 aliphatic heterocycles. The summed E-state index contributed by atoms with van der Waals surface area (Å²) in [6.07, 6.45) is 4.49. The summed E-state index contributed by atoms with van der Waals surface area (Å²) in [7, 11) is -3.73. The molecule has 2 heterocycles. The number of fused-ring (bicyclic) bond motifs is 1. The second-order valence-corrected chi connectivity index (χ2v) is 9.60. The molecule has 7 nitrogen and oxygen atoms in total. The minimum atomic E-state index is -3.73. The average Bonchev–Trinajstić information content (AvgIpc) is 3.03. The summed E-state index contributed by atoms with van der Waals surface area (Å²) in [5.74, 6) is 0. The largest absolute Gasteiger partial charge is 0.361 e. The fourth-order valence-corrected chi connectivity index (χ4v) is 5.75. The Morgan fingerprint density at radius 3 is 2.28 bits per heavy atom. The predicted octanol–water partition coefficient (Wildman–Crippen LogP) is 3.72. The highest BCUT2D eigenvalue weighted by Crippen LogP contribution is 2.35. The standard InChI is InChI=1S/C21H25N3O4S/c25-24(26)21-15-19(29(27,28)23-12-5-1-2-6-13-23)9-10-20(21)22-14-11-17-7-3-4-8-18(17)16-22/h3-4,7-10,15H,1-2,5-6,11-14,16H2. The van der Waals surface area contributed by atoms with E-state index in [0.29, 0.717) is 31.9 Å². The summed E-state index contributed by atoms with van der Waals surface area (Å²) in [5.41, 5.74) is 2.72. The number of hydrogen-bond acceptors (Lipinski definition) is 5. The Morgan fingerprint density at radius 2 is 1.59 bits per heavy atom. The van der Waals surface area contributed by atoms with Crippen LogP contribution in [0.3, 0.4) is 0 Å². The third-order valence-corrected chi connectivity index (χ3v) is 7.71. The Morgan fingerprint density at radius 1 is 0.897 bits per heavy atom. The second-order valence-electron chi connectivity index (χ2n) is 7.67. The number of sulfonamides is 1. The van der Waals surface area contributed by atoms with Gasteiger partial charge in [0.05, 0.1) is 9.82 Å². The molecule has 0 amide bonds. The summed E-state index contributed by atoms with van der Waals surface area (Å²) in [6, 6.07) is 12.4. The van der Waals surface area contributed by atoms with E-state index in [1.165, 1.54) is 22.0 Å². The van der Waals surface area contributed by atoms with Crippen LogP contribution in [0.15, 0.2) is 47.4 Å². The zero-order chi connectivity index (χ0) is 20.4. The highest BCUT2D eigenvalue weighted by atomic mass is 32.2. The summed E-state index contributed by atoms with van der Waals surface area (Å²) in [5, 5.41) is 11.8. The molecule has 2 aromatic carbocycles. The molecule has 2 aliphatic rings. The Hall–Kier alpha value is -2.45. The van der Waals surface area contributed by atoms with E-state index in [4.69, 9.17) is 0 Å². The summed E-state index contributed by atoms with van der Waals surface area (Å²) in [4.78, 5) is 13.3. The van der Waals surface area contributed by atoms with Gasteiger partial charge in [0.25, 0.3) is 5.69 Å². The molecule has 0 aromatic heterocycles. The van der Waals surface area contributed by atoms with Crippen LogP contribution in [0.4, 0.5) is 11.4 Å². The molecule has 0 unspecified atom stereocenters. The molecule has 29 heavy (non-hydrogen) atoms. The van der Waals surface area contributed by atoms with E-state index >= 15 is 0 Å². The van der Waals surface area contributed by atoms with Crippen LogP contribution in [-0.4, -0.2) is 37.3 Å². The highest BCUT2D eigenvalue weighted by Gasteiger charge is 2.30. The van der Waals surface area contributed by atoms with Crippen molar-refractivity contribution in [1.82, 2.24) is 4.31 Å². The van der Waals surface area contributed by atoms with Gasteiger partial charge in [-0.1, -0.05) is 37.1 Å². The molecular formula is C21H25N3O4S. The molecule has 0 N–H and O–H groups in total. The molecule has 0 saturated carbocycles. The molecule has 1 saturated heterocycles. The molecule has 0 radical (unpaired) electrons. The van der Waals surface area contributed by atoms with Gasteiger partial charge in [-0.15, -0.1) is 0 Å². The van der Waals surface area contributed by atoms with Gasteiger partial charge < -0.3 is 4.90 Å². The number of nitro groups is 1. The summed E-state index contributed by atoms with van der Waals surface area (Å²) < 4.78 is 27.6. The van der Waals surface area contributed by atoms with Crippen LogP contribution in [0, 0.1) is 10.1 Å². The maximum atomic E-state index is 13.1. The van der Waals surface area contributed by atoms with E-state index in [0.717, 1.165) is 37.7 Å². The topological polar surface area (TPSA) is 83.8 Å². The Kier molecular flexibility index (Phi) is 5.56. The van der Waals surface area contributed by atoms with Crippen LogP contribution in [0.2, 0.25) is 0 Å². The van der Waals surface area contributed by atoms with Crippen LogP contribution in [0.5, 0.6) is 0 Å². The maximum absolute atomic E-state index is 13.1. The van der Waals surface area contributed by atoms with E-state index in [9.17, 15) is 18.5 Å². The highest BCUT2D eigenvalue weighted by molar-refractivity contribution is 7.89. The lowest BCUT2D eigenvalue weighted by Gasteiger charge is -2.30. The lowest BCUT2D eigenvalue weighted by atomic mass is 9.99. The average molecular weight is 416 g/mol. The Bertz CT molecular complexity index is 1010. The van der Waals surface area contributed by atoms with Gasteiger partial charge >= 0.3 is 0 Å². The summed E-state index contributed by atoms with van der Waals surface area (Å²) >= 11 is 0. The molecule has 0 spiro atoms. The molecule has 4 rings (SSSR count). The van der Waals surface area contributed by atoms with Crippen LogP contribution >= 0.6 is 0 Å². The van der Waals surface area contributed by atoms with Gasteiger partial charge in [-0.25, -0.2) is 8.42 Å². The first-order chi connectivity index (χ1) is 14.0. The van der Waals surface area contributed by atoms with Crippen molar-refractivity contribution < 1.29 is 13.3 Å². The fourth-order valence-electron chi connectivity index (χ4n) is 4.21. The Labute approximate surface area is 171 Å². The van der Waals surface area contributed by atoms with Crippen molar-refractivity contribution in [2.75, 3.05) is 24.5 Å². The number of nitrogens with zero attached hydrogens (tertiary/aromatic N) is 3. The van der Waals surface area contributed by atoms with Crippen molar-refractivity contribution in [1.29, 1.82) is 0 Å². The quantitative estimate of drug-likeness (QED) is 0.561. The Balaban J connectivity index is 1.67. The van der Waals surface area contributed by atoms with Crippen molar-refractivity contribution in [2.24, 2.45) is 0 Å². The lowest BCUT2D eigenvalue weighted by Crippen LogP contribution is -2.32. The molecule has 1 fully saturated rings. The molecule has 0 aliphatic carbocycles. The first kappa shape index (κ1) is 19.8. The third-order valence-electron chi connectivity index (χ3n) is 5.82. The normalized spacial score (nSPS) is 18.1. The minimum absolute atomic E-state index is 0.00672. The van der Waals surface area contributed by atoms with Crippen LogP contribution in [-0.2, 0) is 23.0 Å². The third kappa shape index (κ3) is 4.00. The van der Waals surface area contributed by atoms with Crippen molar-refractivity contribution in [2.45, 2.75) is 43.5 Å². The number of anilines is 1.